The Morgan fingerprint density at radius 2 is 1.77 bits per heavy atom. The van der Waals surface area contributed by atoms with Gasteiger partial charge in [-0.15, -0.1) is 0 Å². The van der Waals surface area contributed by atoms with Gasteiger partial charge in [0.05, 0.1) is 23.4 Å². The highest BCUT2D eigenvalue weighted by molar-refractivity contribution is 6.31. The summed E-state index contributed by atoms with van der Waals surface area (Å²) in [6, 6.07) is 6.47. The molecule has 1 atom stereocenters. The summed E-state index contributed by atoms with van der Waals surface area (Å²) in [7, 11) is 0. The fourth-order valence-corrected chi connectivity index (χ4v) is 5.05. The SMILES string of the molecule is NC(=O)C1CNCCN1Cc1ccc(C(=O)Nc2ccc(Cl)cc2N2CCN(CCC(F)(F)F)CC2)c(F)c1F. The van der Waals surface area contributed by atoms with Crippen molar-refractivity contribution >= 4 is 34.8 Å². The largest absolute Gasteiger partial charge is 0.390 e. The Kier molecular flexibility index (Phi) is 9.49. The molecule has 2 saturated heterocycles. The zero-order chi connectivity index (χ0) is 29.0. The molecule has 2 amide bonds. The normalized spacial score (nSPS) is 19.1. The minimum atomic E-state index is -4.23. The van der Waals surface area contributed by atoms with Crippen molar-refractivity contribution in [1.82, 2.24) is 15.1 Å². The van der Waals surface area contributed by atoms with Gasteiger partial charge < -0.3 is 21.3 Å². The van der Waals surface area contributed by atoms with Gasteiger partial charge in [0.2, 0.25) is 5.91 Å². The third-order valence-corrected chi connectivity index (χ3v) is 7.33. The lowest BCUT2D eigenvalue weighted by Gasteiger charge is -2.37. The fourth-order valence-electron chi connectivity index (χ4n) is 4.88. The van der Waals surface area contributed by atoms with E-state index in [9.17, 15) is 22.8 Å². The summed E-state index contributed by atoms with van der Waals surface area (Å²) in [4.78, 5) is 30.0. The highest BCUT2D eigenvalue weighted by atomic mass is 35.5. The Hall–Kier alpha value is -3.00. The number of carbonyl (C=O) groups excluding carboxylic acids is 2. The predicted octanol–water partition coefficient (Wildman–Crippen LogP) is 3.20. The number of hydrogen-bond acceptors (Lipinski definition) is 6. The van der Waals surface area contributed by atoms with Crippen molar-refractivity contribution in [2.24, 2.45) is 5.73 Å². The molecule has 40 heavy (non-hydrogen) atoms. The molecule has 0 aliphatic carbocycles. The molecule has 1 unspecified atom stereocenters. The zero-order valence-corrected chi connectivity index (χ0v) is 22.3. The summed E-state index contributed by atoms with van der Waals surface area (Å²) in [6.45, 7) is 2.63. The number of hydrogen-bond donors (Lipinski definition) is 3. The summed E-state index contributed by atoms with van der Waals surface area (Å²) >= 11 is 6.17. The van der Waals surface area contributed by atoms with E-state index in [1.807, 2.05) is 4.90 Å². The average molecular weight is 589 g/mol. The number of nitrogens with one attached hydrogen (secondary N) is 2. The summed E-state index contributed by atoms with van der Waals surface area (Å²) < 4.78 is 67.8. The Labute approximate surface area is 233 Å². The van der Waals surface area contributed by atoms with E-state index in [1.165, 1.54) is 24.3 Å². The molecule has 2 aromatic rings. The molecule has 2 heterocycles. The molecule has 0 saturated carbocycles. The highest BCUT2D eigenvalue weighted by Crippen LogP contribution is 2.31. The Morgan fingerprint density at radius 1 is 1.05 bits per heavy atom. The Bertz CT molecular complexity index is 1240. The number of rotatable bonds is 8. The number of primary amides is 1. The first-order valence-corrected chi connectivity index (χ1v) is 13.2. The summed E-state index contributed by atoms with van der Waals surface area (Å²) in [5.41, 5.74) is 5.72. The van der Waals surface area contributed by atoms with Crippen LogP contribution in [0.4, 0.5) is 33.3 Å². The number of nitrogens with two attached hydrogens (primary N) is 1. The van der Waals surface area contributed by atoms with E-state index in [4.69, 9.17) is 17.3 Å². The maximum absolute atomic E-state index is 15.1. The second-order valence-corrected chi connectivity index (χ2v) is 10.2. The molecule has 2 aliphatic rings. The summed E-state index contributed by atoms with van der Waals surface area (Å²) in [5.74, 6) is -3.98. The minimum absolute atomic E-state index is 0.0159. The number of carbonyl (C=O) groups is 2. The Balaban J connectivity index is 1.46. The number of nitrogens with zero attached hydrogens (tertiary/aromatic N) is 3. The van der Waals surface area contributed by atoms with Crippen LogP contribution in [0.1, 0.15) is 22.3 Å². The van der Waals surface area contributed by atoms with Crippen LogP contribution in [0.3, 0.4) is 0 Å². The van der Waals surface area contributed by atoms with Crippen LogP contribution >= 0.6 is 11.6 Å². The molecule has 14 heteroatoms. The fraction of sp³-hybridized carbons (Fsp3) is 0.462. The first kappa shape index (κ1) is 30.0. The van der Waals surface area contributed by atoms with Crippen molar-refractivity contribution in [3.8, 4) is 0 Å². The van der Waals surface area contributed by atoms with Gasteiger partial charge in [0.1, 0.15) is 6.04 Å². The molecule has 2 aromatic carbocycles. The molecule has 0 spiro atoms. The molecule has 8 nitrogen and oxygen atoms in total. The number of anilines is 2. The lowest BCUT2D eigenvalue weighted by Crippen LogP contribution is -2.56. The van der Waals surface area contributed by atoms with E-state index in [-0.39, 0.29) is 18.7 Å². The first-order valence-electron chi connectivity index (χ1n) is 12.8. The van der Waals surface area contributed by atoms with Gasteiger partial charge in [-0.2, -0.15) is 13.2 Å². The number of amides is 2. The van der Waals surface area contributed by atoms with Gasteiger partial charge in [0, 0.05) is 69.5 Å². The molecule has 0 aromatic heterocycles. The van der Waals surface area contributed by atoms with E-state index in [1.54, 1.807) is 15.9 Å². The van der Waals surface area contributed by atoms with E-state index in [0.29, 0.717) is 62.2 Å². The third kappa shape index (κ3) is 7.39. The van der Waals surface area contributed by atoms with Crippen molar-refractivity contribution in [3.05, 3.63) is 58.1 Å². The van der Waals surface area contributed by atoms with Crippen LogP contribution in [0, 0.1) is 11.6 Å². The van der Waals surface area contributed by atoms with Crippen LogP contribution in [0.15, 0.2) is 30.3 Å². The van der Waals surface area contributed by atoms with Gasteiger partial charge in [0.25, 0.3) is 5.91 Å². The maximum Gasteiger partial charge on any atom is 0.390 e. The quantitative estimate of drug-likeness (QED) is 0.410. The van der Waals surface area contributed by atoms with Crippen molar-refractivity contribution in [1.29, 1.82) is 0 Å². The lowest BCUT2D eigenvalue weighted by molar-refractivity contribution is -0.138. The van der Waals surface area contributed by atoms with E-state index in [2.05, 4.69) is 10.6 Å². The van der Waals surface area contributed by atoms with Crippen molar-refractivity contribution in [2.75, 3.05) is 62.6 Å². The zero-order valence-electron chi connectivity index (χ0n) is 21.5. The van der Waals surface area contributed by atoms with E-state index < -0.39 is 47.7 Å². The standard InChI is InChI=1S/C26H30ClF5N6O2/c27-17-2-4-19(20(13-17)37-11-9-36(10-12-37)7-5-26(30,31)32)35-25(40)18-3-1-16(22(28)23(18)29)15-38-8-6-34-14-21(38)24(33)39/h1-4,13,21,34H,5-12,14-15H2,(H2,33,39)(H,35,40). The van der Waals surface area contributed by atoms with Gasteiger partial charge in [-0.25, -0.2) is 8.78 Å². The minimum Gasteiger partial charge on any atom is -0.368 e. The predicted molar refractivity (Wildman–Crippen MR) is 141 cm³/mol. The van der Waals surface area contributed by atoms with Gasteiger partial charge in [-0.3, -0.25) is 19.4 Å². The van der Waals surface area contributed by atoms with Crippen LogP contribution in [0.25, 0.3) is 0 Å². The lowest BCUT2D eigenvalue weighted by atomic mass is 10.1. The molecule has 4 N–H and O–H groups in total. The second kappa shape index (κ2) is 12.7. The van der Waals surface area contributed by atoms with Crippen molar-refractivity contribution in [3.63, 3.8) is 0 Å². The van der Waals surface area contributed by atoms with Crippen molar-refractivity contribution < 1.29 is 31.5 Å². The van der Waals surface area contributed by atoms with Crippen LogP contribution in [-0.2, 0) is 11.3 Å². The van der Waals surface area contributed by atoms with Gasteiger partial charge in [-0.05, 0) is 24.3 Å². The average Bonchev–Trinajstić information content (AvgIpc) is 2.91. The second-order valence-electron chi connectivity index (χ2n) is 9.80. The molecule has 2 fully saturated rings. The van der Waals surface area contributed by atoms with E-state index >= 15 is 8.78 Å². The number of halogens is 6. The Morgan fingerprint density at radius 3 is 2.45 bits per heavy atom. The first-order chi connectivity index (χ1) is 18.9. The van der Waals surface area contributed by atoms with Gasteiger partial charge in [-0.1, -0.05) is 17.7 Å². The van der Waals surface area contributed by atoms with Crippen molar-refractivity contribution in [2.45, 2.75) is 25.2 Å². The summed E-state index contributed by atoms with van der Waals surface area (Å²) in [6.07, 6.45) is -5.13. The van der Waals surface area contributed by atoms with Gasteiger partial charge >= 0.3 is 6.18 Å². The highest BCUT2D eigenvalue weighted by Gasteiger charge is 2.30. The van der Waals surface area contributed by atoms with Crippen LogP contribution in [0.5, 0.6) is 0 Å². The van der Waals surface area contributed by atoms with Crippen LogP contribution < -0.4 is 21.3 Å². The number of alkyl halides is 3. The molecule has 0 bridgehead atoms. The smallest absolute Gasteiger partial charge is 0.368 e. The molecular formula is C26H30ClF5N6O2. The molecule has 218 valence electrons. The molecule has 0 radical (unpaired) electrons. The summed E-state index contributed by atoms with van der Waals surface area (Å²) in [5, 5.41) is 6.01. The molecule has 2 aliphatic heterocycles. The number of piperazine rings is 2. The van der Waals surface area contributed by atoms with E-state index in [0.717, 1.165) is 0 Å². The topological polar surface area (TPSA) is 93.9 Å². The molecule has 4 rings (SSSR count). The maximum atomic E-state index is 15.1. The van der Waals surface area contributed by atoms with Gasteiger partial charge in [0.15, 0.2) is 11.6 Å². The van der Waals surface area contributed by atoms with Crippen LogP contribution in [-0.4, -0.2) is 86.2 Å². The number of benzene rings is 2. The van der Waals surface area contributed by atoms with Crippen LogP contribution in [0.2, 0.25) is 5.02 Å². The molecular weight excluding hydrogens is 559 g/mol. The monoisotopic (exact) mass is 588 g/mol. The third-order valence-electron chi connectivity index (χ3n) is 7.10.